The molecular weight excluding hydrogens is 431 g/mol. The van der Waals surface area contributed by atoms with Gasteiger partial charge in [0.05, 0.1) is 18.7 Å². The highest BCUT2D eigenvalue weighted by atomic mass is 19.1. The number of piperazine rings is 1. The number of fused-ring (bicyclic) bond motifs is 1. The van der Waals surface area contributed by atoms with E-state index in [4.69, 9.17) is 0 Å². The van der Waals surface area contributed by atoms with Crippen LogP contribution in [0.25, 0.3) is 12.2 Å². The van der Waals surface area contributed by atoms with Crippen molar-refractivity contribution in [2.75, 3.05) is 19.7 Å². The average Bonchev–Trinajstić information content (AvgIpc) is 2.85. The minimum Gasteiger partial charge on any atom is -0.394 e. The standard InChI is InChI=1S/C28H25FN2O3/c29-23-8-4-7-22(15-23)28(34)30-16-24-27(25(18-32)31(24)26(33)17-30)21-13-11-20(12-14-21)10-9-19-5-2-1-3-6-19/h1-15,24-25,27,32H,16-18H2/t24-,25+,27+/m0/s1. The van der Waals surface area contributed by atoms with Crippen molar-refractivity contribution in [2.45, 2.75) is 18.0 Å². The molecule has 6 heteroatoms. The van der Waals surface area contributed by atoms with Crippen LogP contribution < -0.4 is 0 Å². The molecule has 3 atom stereocenters. The Bertz CT molecular complexity index is 1230. The van der Waals surface area contributed by atoms with Crippen molar-refractivity contribution in [1.82, 2.24) is 9.80 Å². The highest BCUT2D eigenvalue weighted by molar-refractivity contribution is 5.97. The van der Waals surface area contributed by atoms with Crippen LogP contribution in [0, 0.1) is 5.82 Å². The molecule has 2 aliphatic rings. The lowest BCUT2D eigenvalue weighted by Gasteiger charge is -2.58. The molecule has 2 amide bonds. The fourth-order valence-corrected chi connectivity index (χ4v) is 5.04. The predicted octanol–water partition coefficient (Wildman–Crippen LogP) is 3.81. The quantitative estimate of drug-likeness (QED) is 0.594. The Morgan fingerprint density at radius 1 is 0.971 bits per heavy atom. The lowest BCUT2D eigenvalue weighted by molar-refractivity contribution is -0.159. The van der Waals surface area contributed by atoms with Crippen LogP contribution >= 0.6 is 0 Å². The molecule has 2 heterocycles. The van der Waals surface area contributed by atoms with Crippen LogP contribution in [0.2, 0.25) is 0 Å². The highest BCUT2D eigenvalue weighted by Crippen LogP contribution is 2.43. The molecule has 3 aromatic carbocycles. The molecule has 172 valence electrons. The Morgan fingerprint density at radius 3 is 2.35 bits per heavy atom. The van der Waals surface area contributed by atoms with Gasteiger partial charge in [-0.25, -0.2) is 4.39 Å². The number of halogens is 1. The van der Waals surface area contributed by atoms with E-state index < -0.39 is 5.82 Å². The summed E-state index contributed by atoms with van der Waals surface area (Å²) in [6.07, 6.45) is 4.09. The van der Waals surface area contributed by atoms with E-state index in [0.717, 1.165) is 16.7 Å². The topological polar surface area (TPSA) is 60.9 Å². The maximum atomic E-state index is 13.6. The molecule has 0 bridgehead atoms. The third kappa shape index (κ3) is 4.13. The summed E-state index contributed by atoms with van der Waals surface area (Å²) in [5.41, 5.74) is 3.41. The van der Waals surface area contributed by atoms with E-state index >= 15 is 0 Å². The normalized spacial score (nSPS) is 21.9. The van der Waals surface area contributed by atoms with E-state index in [1.54, 1.807) is 11.0 Å². The Balaban J connectivity index is 1.34. The zero-order valence-corrected chi connectivity index (χ0v) is 18.5. The van der Waals surface area contributed by atoms with Crippen LogP contribution in [-0.4, -0.2) is 58.5 Å². The minimum atomic E-state index is -0.487. The number of rotatable bonds is 5. The second-order valence-corrected chi connectivity index (χ2v) is 8.75. The minimum absolute atomic E-state index is 0.0711. The first-order valence-corrected chi connectivity index (χ1v) is 11.3. The molecule has 2 fully saturated rings. The van der Waals surface area contributed by atoms with Crippen molar-refractivity contribution in [1.29, 1.82) is 0 Å². The third-order valence-corrected chi connectivity index (χ3v) is 6.70. The van der Waals surface area contributed by atoms with Gasteiger partial charge in [-0.15, -0.1) is 0 Å². The predicted molar refractivity (Wildman–Crippen MR) is 128 cm³/mol. The summed E-state index contributed by atoms with van der Waals surface area (Å²) in [4.78, 5) is 28.9. The van der Waals surface area contributed by atoms with E-state index in [2.05, 4.69) is 0 Å². The van der Waals surface area contributed by atoms with E-state index in [0.29, 0.717) is 6.54 Å². The number of nitrogens with zero attached hydrogens (tertiary/aromatic N) is 2. The van der Waals surface area contributed by atoms with Crippen LogP contribution in [0.15, 0.2) is 78.9 Å². The molecule has 2 saturated heterocycles. The second kappa shape index (κ2) is 9.23. The fraction of sp³-hybridized carbons (Fsp3) is 0.214. The van der Waals surface area contributed by atoms with Crippen molar-refractivity contribution in [3.05, 3.63) is 107 Å². The summed E-state index contributed by atoms with van der Waals surface area (Å²) in [5.74, 6) is -1.12. The summed E-state index contributed by atoms with van der Waals surface area (Å²) in [6.45, 7) is 0.136. The van der Waals surface area contributed by atoms with Gasteiger partial charge in [0.25, 0.3) is 5.91 Å². The molecule has 0 radical (unpaired) electrons. The Hall–Kier alpha value is -3.77. The summed E-state index contributed by atoms with van der Waals surface area (Å²) in [7, 11) is 0. The van der Waals surface area contributed by atoms with Gasteiger partial charge >= 0.3 is 0 Å². The number of aliphatic hydroxyl groups excluding tert-OH is 1. The van der Waals surface area contributed by atoms with Crippen molar-refractivity contribution < 1.29 is 19.1 Å². The van der Waals surface area contributed by atoms with E-state index in [1.165, 1.54) is 23.1 Å². The maximum Gasteiger partial charge on any atom is 0.254 e. The number of aliphatic hydroxyl groups is 1. The van der Waals surface area contributed by atoms with Gasteiger partial charge < -0.3 is 14.9 Å². The Kier molecular flexibility index (Phi) is 5.99. The van der Waals surface area contributed by atoms with E-state index in [1.807, 2.05) is 66.7 Å². The highest BCUT2D eigenvalue weighted by Gasteiger charge is 2.54. The largest absolute Gasteiger partial charge is 0.394 e. The van der Waals surface area contributed by atoms with Crippen LogP contribution in [0.3, 0.4) is 0 Å². The summed E-state index contributed by atoms with van der Waals surface area (Å²) in [5, 5.41) is 10.00. The number of hydrogen-bond donors (Lipinski definition) is 1. The molecule has 0 spiro atoms. The van der Waals surface area contributed by atoms with Crippen LogP contribution in [-0.2, 0) is 4.79 Å². The lowest BCUT2D eigenvalue weighted by atomic mass is 9.73. The van der Waals surface area contributed by atoms with E-state index in [-0.39, 0.29) is 48.5 Å². The zero-order chi connectivity index (χ0) is 23.7. The van der Waals surface area contributed by atoms with Gasteiger partial charge in [-0.3, -0.25) is 9.59 Å². The zero-order valence-electron chi connectivity index (χ0n) is 18.5. The van der Waals surface area contributed by atoms with Gasteiger partial charge in [0.15, 0.2) is 0 Å². The first kappa shape index (κ1) is 22.0. The molecule has 0 aliphatic carbocycles. The van der Waals surface area contributed by atoms with Crippen molar-refractivity contribution in [3.63, 3.8) is 0 Å². The molecule has 1 N–H and O–H groups in total. The monoisotopic (exact) mass is 456 g/mol. The molecule has 2 aliphatic heterocycles. The first-order chi connectivity index (χ1) is 16.5. The third-order valence-electron chi connectivity index (χ3n) is 6.70. The fourth-order valence-electron chi connectivity index (χ4n) is 5.04. The Morgan fingerprint density at radius 2 is 1.68 bits per heavy atom. The number of amides is 2. The summed E-state index contributed by atoms with van der Waals surface area (Å²) in [6, 6.07) is 23.1. The number of benzene rings is 3. The molecule has 5 rings (SSSR count). The van der Waals surface area contributed by atoms with Gasteiger partial charge in [-0.05, 0) is 34.9 Å². The van der Waals surface area contributed by atoms with Gasteiger partial charge in [0.1, 0.15) is 12.4 Å². The molecule has 0 saturated carbocycles. The molecule has 3 aromatic rings. The molecule has 0 aromatic heterocycles. The molecule has 34 heavy (non-hydrogen) atoms. The molecular formula is C28H25FN2O3. The van der Waals surface area contributed by atoms with Crippen molar-refractivity contribution in [2.24, 2.45) is 0 Å². The molecule has 5 nitrogen and oxygen atoms in total. The summed E-state index contributed by atoms with van der Waals surface area (Å²) >= 11 is 0. The van der Waals surface area contributed by atoms with Crippen LogP contribution in [0.4, 0.5) is 4.39 Å². The number of hydrogen-bond acceptors (Lipinski definition) is 3. The van der Waals surface area contributed by atoms with Crippen molar-refractivity contribution >= 4 is 24.0 Å². The van der Waals surface area contributed by atoms with Gasteiger partial charge in [-0.2, -0.15) is 0 Å². The maximum absolute atomic E-state index is 13.6. The lowest BCUT2D eigenvalue weighted by Crippen LogP contribution is -2.73. The second-order valence-electron chi connectivity index (χ2n) is 8.75. The number of carbonyl (C=O) groups is 2. The Labute approximate surface area is 197 Å². The first-order valence-electron chi connectivity index (χ1n) is 11.3. The smallest absolute Gasteiger partial charge is 0.254 e. The van der Waals surface area contributed by atoms with Crippen molar-refractivity contribution in [3.8, 4) is 0 Å². The van der Waals surface area contributed by atoms with Crippen LogP contribution in [0.5, 0.6) is 0 Å². The molecule has 0 unspecified atom stereocenters. The number of carbonyl (C=O) groups excluding carboxylic acids is 2. The van der Waals surface area contributed by atoms with Gasteiger partial charge in [0.2, 0.25) is 5.91 Å². The van der Waals surface area contributed by atoms with Gasteiger partial charge in [-0.1, -0.05) is 72.8 Å². The van der Waals surface area contributed by atoms with E-state index in [9.17, 15) is 19.1 Å². The SMILES string of the molecule is O=C(c1cccc(F)c1)N1CC(=O)N2[C@H](CO)[C@H](c3ccc(C=Cc4ccccc4)cc3)[C@@H]2C1. The average molecular weight is 457 g/mol. The summed E-state index contributed by atoms with van der Waals surface area (Å²) < 4.78 is 13.6. The van der Waals surface area contributed by atoms with Gasteiger partial charge in [0, 0.05) is 18.0 Å². The van der Waals surface area contributed by atoms with Crippen LogP contribution in [0.1, 0.15) is 33.0 Å².